The highest BCUT2D eigenvalue weighted by Crippen LogP contribution is 2.42. The van der Waals surface area contributed by atoms with Crippen LogP contribution in [-0.2, 0) is 11.2 Å². The van der Waals surface area contributed by atoms with E-state index in [-0.39, 0.29) is 18.1 Å². The molecule has 3 heterocycles. The number of carbonyl (C=O) groups excluding carboxylic acids is 1. The van der Waals surface area contributed by atoms with Crippen LogP contribution >= 0.6 is 34.0 Å². The van der Waals surface area contributed by atoms with Gasteiger partial charge < -0.3 is 5.32 Å². The van der Waals surface area contributed by atoms with Crippen LogP contribution in [0, 0.1) is 5.82 Å². The van der Waals surface area contributed by atoms with Gasteiger partial charge in [-0.2, -0.15) is 0 Å². The zero-order chi connectivity index (χ0) is 17.9. The molecule has 0 saturated heterocycles. The van der Waals surface area contributed by atoms with Crippen LogP contribution in [0.2, 0.25) is 0 Å². The number of hydrogen-bond acceptors (Lipinski definition) is 5. The van der Waals surface area contributed by atoms with Gasteiger partial charge in [0.2, 0.25) is 5.91 Å². The molecule has 0 bridgehead atoms. The summed E-state index contributed by atoms with van der Waals surface area (Å²) in [5, 5.41) is 7.36. The highest BCUT2D eigenvalue weighted by atomic mass is 32.1. The number of thiophene rings is 2. The van der Waals surface area contributed by atoms with E-state index in [0.717, 1.165) is 20.3 Å². The minimum atomic E-state index is -0.375. The molecule has 0 saturated carbocycles. The number of hydrogen-bond donors (Lipinski definition) is 1. The fourth-order valence-corrected chi connectivity index (χ4v) is 5.14. The van der Waals surface area contributed by atoms with Gasteiger partial charge >= 0.3 is 0 Å². The Kier molecular flexibility index (Phi) is 4.92. The molecule has 0 aliphatic heterocycles. The number of carbonyl (C=O) groups is 1. The number of thiazole rings is 1. The predicted molar refractivity (Wildman–Crippen MR) is 107 cm³/mol. The first-order valence-electron chi connectivity index (χ1n) is 7.82. The number of halogens is 1. The van der Waals surface area contributed by atoms with Crippen LogP contribution in [0.1, 0.15) is 5.56 Å². The summed E-state index contributed by atoms with van der Waals surface area (Å²) in [6.45, 7) is 0. The smallest absolute Gasteiger partial charge is 0.230 e. The van der Waals surface area contributed by atoms with Crippen molar-refractivity contribution >= 4 is 45.0 Å². The molecule has 0 aliphatic rings. The Morgan fingerprint density at radius 3 is 2.42 bits per heavy atom. The Labute approximate surface area is 161 Å². The Morgan fingerprint density at radius 1 is 1.00 bits per heavy atom. The third kappa shape index (κ3) is 3.60. The molecular formula is C19H13FN2OS3. The minimum absolute atomic E-state index is 0.0189. The van der Waals surface area contributed by atoms with Crippen molar-refractivity contribution in [2.24, 2.45) is 0 Å². The number of rotatable bonds is 5. The second kappa shape index (κ2) is 7.49. The Morgan fingerprint density at radius 2 is 1.73 bits per heavy atom. The number of nitrogens with zero attached hydrogens (tertiary/aromatic N) is 1. The molecule has 7 heteroatoms. The summed E-state index contributed by atoms with van der Waals surface area (Å²) in [7, 11) is 0. The number of aromatic nitrogens is 1. The molecule has 0 fully saturated rings. The number of anilines is 1. The van der Waals surface area contributed by atoms with E-state index < -0.39 is 0 Å². The fraction of sp³-hybridized carbons (Fsp3) is 0.0526. The van der Waals surface area contributed by atoms with Crippen molar-refractivity contribution in [1.82, 2.24) is 4.98 Å². The third-order valence-corrected chi connectivity index (χ3v) is 6.58. The molecule has 3 nitrogen and oxygen atoms in total. The quantitative estimate of drug-likeness (QED) is 0.452. The van der Waals surface area contributed by atoms with Crippen molar-refractivity contribution in [1.29, 1.82) is 0 Å². The molecule has 1 N–H and O–H groups in total. The van der Waals surface area contributed by atoms with Crippen LogP contribution in [0.15, 0.2) is 59.3 Å². The highest BCUT2D eigenvalue weighted by molar-refractivity contribution is 7.24. The summed E-state index contributed by atoms with van der Waals surface area (Å²) in [6.07, 6.45) is -0.0189. The molecule has 0 radical (unpaired) electrons. The third-order valence-electron chi connectivity index (χ3n) is 3.68. The first kappa shape index (κ1) is 17.1. The fourth-order valence-electron chi connectivity index (χ4n) is 2.51. The average molecular weight is 401 g/mol. The maximum atomic E-state index is 13.7. The van der Waals surface area contributed by atoms with E-state index in [9.17, 15) is 9.18 Å². The van der Waals surface area contributed by atoms with Gasteiger partial charge in [0.1, 0.15) is 11.5 Å². The SMILES string of the molecule is O=C(Cc1ccccc1F)Nc1nc(-c2cccs2)c(-c2cccs2)s1. The summed E-state index contributed by atoms with van der Waals surface area (Å²) in [4.78, 5) is 20.1. The van der Waals surface area contributed by atoms with Crippen molar-refractivity contribution in [3.05, 3.63) is 70.7 Å². The van der Waals surface area contributed by atoms with Gasteiger partial charge in [0, 0.05) is 4.88 Å². The molecule has 3 aromatic heterocycles. The van der Waals surface area contributed by atoms with Crippen LogP contribution in [0.5, 0.6) is 0 Å². The zero-order valence-electron chi connectivity index (χ0n) is 13.4. The van der Waals surface area contributed by atoms with Crippen molar-refractivity contribution in [3.8, 4) is 20.3 Å². The van der Waals surface area contributed by atoms with Crippen molar-refractivity contribution in [2.75, 3.05) is 5.32 Å². The van der Waals surface area contributed by atoms with Gasteiger partial charge in [-0.3, -0.25) is 4.79 Å². The van der Waals surface area contributed by atoms with Crippen LogP contribution in [0.4, 0.5) is 9.52 Å². The van der Waals surface area contributed by atoms with Gasteiger partial charge in [-0.1, -0.05) is 41.7 Å². The summed E-state index contributed by atoms with van der Waals surface area (Å²) < 4.78 is 13.7. The van der Waals surface area contributed by atoms with Gasteiger partial charge in [0.15, 0.2) is 5.13 Å². The predicted octanol–water partition coefficient (Wildman–Crippen LogP) is 5.92. The van der Waals surface area contributed by atoms with E-state index in [1.165, 1.54) is 17.4 Å². The van der Waals surface area contributed by atoms with Gasteiger partial charge in [0.25, 0.3) is 0 Å². The van der Waals surface area contributed by atoms with Crippen molar-refractivity contribution < 1.29 is 9.18 Å². The second-order valence-corrected chi connectivity index (χ2v) is 8.36. The first-order chi connectivity index (χ1) is 12.7. The molecule has 0 spiro atoms. The average Bonchev–Trinajstić information content (AvgIpc) is 3.37. The van der Waals surface area contributed by atoms with Crippen molar-refractivity contribution in [2.45, 2.75) is 6.42 Å². The van der Waals surface area contributed by atoms with Gasteiger partial charge in [-0.15, -0.1) is 22.7 Å². The Balaban J connectivity index is 1.60. The molecular weight excluding hydrogens is 387 g/mol. The molecule has 0 unspecified atom stereocenters. The van der Waals surface area contributed by atoms with E-state index in [4.69, 9.17) is 0 Å². The molecule has 0 aliphatic carbocycles. The summed E-state index contributed by atoms with van der Waals surface area (Å²) >= 11 is 4.69. The van der Waals surface area contributed by atoms with Gasteiger partial charge in [-0.05, 0) is 34.5 Å². The topological polar surface area (TPSA) is 42.0 Å². The largest absolute Gasteiger partial charge is 0.302 e. The lowest BCUT2D eigenvalue weighted by atomic mass is 10.1. The summed E-state index contributed by atoms with van der Waals surface area (Å²) in [5.74, 6) is -0.653. The molecule has 4 rings (SSSR count). The normalized spacial score (nSPS) is 10.8. The summed E-state index contributed by atoms with van der Waals surface area (Å²) in [5.41, 5.74) is 1.24. The maximum Gasteiger partial charge on any atom is 0.230 e. The van der Waals surface area contributed by atoms with Crippen LogP contribution < -0.4 is 5.32 Å². The second-order valence-electron chi connectivity index (χ2n) is 5.47. The minimum Gasteiger partial charge on any atom is -0.302 e. The lowest BCUT2D eigenvalue weighted by Crippen LogP contribution is -2.15. The molecule has 1 aromatic carbocycles. The van der Waals surface area contributed by atoms with Crippen LogP contribution in [0.25, 0.3) is 20.3 Å². The monoisotopic (exact) mass is 400 g/mol. The lowest BCUT2D eigenvalue weighted by Gasteiger charge is -2.03. The molecule has 130 valence electrons. The molecule has 0 atom stereocenters. The van der Waals surface area contributed by atoms with E-state index in [0.29, 0.717) is 10.7 Å². The van der Waals surface area contributed by atoms with Crippen LogP contribution in [-0.4, -0.2) is 10.9 Å². The number of benzene rings is 1. The van der Waals surface area contributed by atoms with Gasteiger partial charge in [0.05, 0.1) is 16.2 Å². The van der Waals surface area contributed by atoms with Crippen molar-refractivity contribution in [3.63, 3.8) is 0 Å². The Hall–Kier alpha value is -2.35. The van der Waals surface area contributed by atoms with E-state index >= 15 is 0 Å². The van der Waals surface area contributed by atoms with E-state index in [1.54, 1.807) is 40.9 Å². The Bertz CT molecular complexity index is 971. The summed E-state index contributed by atoms with van der Waals surface area (Å²) in [6, 6.07) is 14.3. The maximum absolute atomic E-state index is 13.7. The van der Waals surface area contributed by atoms with Gasteiger partial charge in [-0.25, -0.2) is 9.37 Å². The molecule has 4 aromatic rings. The lowest BCUT2D eigenvalue weighted by molar-refractivity contribution is -0.115. The number of nitrogens with one attached hydrogen (secondary N) is 1. The van der Waals surface area contributed by atoms with Crippen LogP contribution in [0.3, 0.4) is 0 Å². The van der Waals surface area contributed by atoms with E-state index in [2.05, 4.69) is 10.3 Å². The number of amides is 1. The molecule has 1 amide bonds. The highest BCUT2D eigenvalue weighted by Gasteiger charge is 2.18. The van der Waals surface area contributed by atoms with E-state index in [1.807, 2.05) is 35.0 Å². The first-order valence-corrected chi connectivity index (χ1v) is 10.4. The zero-order valence-corrected chi connectivity index (χ0v) is 15.9. The molecule has 26 heavy (non-hydrogen) atoms. The standard InChI is InChI=1S/C19H13FN2OS3/c20-13-6-2-1-5-12(13)11-16(23)21-19-22-17(14-7-3-9-24-14)18(26-19)15-8-4-10-25-15/h1-10H,11H2,(H,21,22,23).